The standard InChI is InChI=1S/C14H14Cl3N3O4S/c1-19(2)9-6-20-14(23-7-9)12(5-18-20)25(21,22)24-13-10(16)3-8(15)4-11(13)17/h3-5,9H,6-7H2,1-2H3. The van der Waals surface area contributed by atoms with Crippen LogP contribution in [-0.4, -0.2) is 49.8 Å². The Hall–Kier alpha value is -1.19. The second-order valence-electron chi connectivity index (χ2n) is 5.66. The smallest absolute Gasteiger partial charge is 0.346 e. The van der Waals surface area contributed by atoms with Gasteiger partial charge in [0.2, 0.25) is 5.88 Å². The molecule has 1 aromatic carbocycles. The van der Waals surface area contributed by atoms with Gasteiger partial charge < -0.3 is 13.8 Å². The molecule has 1 aliphatic heterocycles. The van der Waals surface area contributed by atoms with E-state index in [1.807, 2.05) is 19.0 Å². The molecular formula is C14H14Cl3N3O4S. The summed E-state index contributed by atoms with van der Waals surface area (Å²) in [4.78, 5) is 1.79. The summed E-state index contributed by atoms with van der Waals surface area (Å²) < 4.78 is 37.4. The molecule has 7 nitrogen and oxygen atoms in total. The van der Waals surface area contributed by atoms with E-state index in [0.29, 0.717) is 13.2 Å². The highest BCUT2D eigenvalue weighted by Gasteiger charge is 2.32. The highest BCUT2D eigenvalue weighted by atomic mass is 35.5. The average Bonchev–Trinajstić information content (AvgIpc) is 2.94. The van der Waals surface area contributed by atoms with Crippen LogP contribution < -0.4 is 8.92 Å². The average molecular weight is 427 g/mol. The van der Waals surface area contributed by atoms with Gasteiger partial charge in [0.1, 0.15) is 6.61 Å². The van der Waals surface area contributed by atoms with Gasteiger partial charge in [-0.25, -0.2) is 4.68 Å². The molecule has 0 spiro atoms. The lowest BCUT2D eigenvalue weighted by Gasteiger charge is -2.29. The first kappa shape index (κ1) is 18.6. The fourth-order valence-electron chi connectivity index (χ4n) is 2.31. The number of ether oxygens (including phenoxy) is 1. The van der Waals surface area contributed by atoms with Crippen molar-refractivity contribution in [1.82, 2.24) is 14.7 Å². The van der Waals surface area contributed by atoms with E-state index in [-0.39, 0.29) is 37.6 Å². The third-order valence-corrected chi connectivity index (χ3v) is 5.70. The maximum atomic E-state index is 12.6. The molecule has 0 N–H and O–H groups in total. The highest BCUT2D eigenvalue weighted by Crippen LogP contribution is 2.38. The number of hydrogen-bond acceptors (Lipinski definition) is 6. The molecule has 0 aliphatic carbocycles. The number of benzene rings is 1. The van der Waals surface area contributed by atoms with E-state index in [0.717, 1.165) is 0 Å². The minimum atomic E-state index is -4.24. The second-order valence-corrected chi connectivity index (χ2v) is 8.43. The Kier molecular flexibility index (Phi) is 5.09. The maximum absolute atomic E-state index is 12.6. The molecule has 0 saturated carbocycles. The van der Waals surface area contributed by atoms with Gasteiger partial charge in [-0.05, 0) is 26.2 Å². The van der Waals surface area contributed by atoms with Crippen molar-refractivity contribution in [3.8, 4) is 11.6 Å². The lowest BCUT2D eigenvalue weighted by atomic mass is 10.3. The summed E-state index contributed by atoms with van der Waals surface area (Å²) >= 11 is 17.8. The monoisotopic (exact) mass is 425 g/mol. The molecular weight excluding hydrogens is 413 g/mol. The fraction of sp³-hybridized carbons (Fsp3) is 0.357. The van der Waals surface area contributed by atoms with E-state index in [9.17, 15) is 8.42 Å². The van der Waals surface area contributed by atoms with Gasteiger partial charge in [-0.1, -0.05) is 34.8 Å². The number of aromatic nitrogens is 2. The number of rotatable bonds is 4. The molecule has 2 heterocycles. The number of likely N-dealkylation sites (N-methyl/N-ethyl adjacent to an activating group) is 1. The summed E-state index contributed by atoms with van der Waals surface area (Å²) in [5, 5.41) is 4.30. The normalized spacial score (nSPS) is 17.3. The molecule has 1 unspecified atom stereocenters. The summed E-state index contributed by atoms with van der Waals surface area (Å²) in [7, 11) is -0.420. The van der Waals surface area contributed by atoms with Gasteiger partial charge in [-0.2, -0.15) is 13.5 Å². The summed E-state index contributed by atoms with van der Waals surface area (Å²) in [5.41, 5.74) is 0. The van der Waals surface area contributed by atoms with Crippen LogP contribution in [0.1, 0.15) is 0 Å². The van der Waals surface area contributed by atoms with E-state index in [2.05, 4.69) is 5.10 Å². The molecule has 1 atom stereocenters. The van der Waals surface area contributed by atoms with Crippen molar-refractivity contribution in [3.63, 3.8) is 0 Å². The van der Waals surface area contributed by atoms with Crippen LogP contribution in [0, 0.1) is 0 Å². The summed E-state index contributed by atoms with van der Waals surface area (Å²) in [6.07, 6.45) is 1.18. The first-order chi connectivity index (χ1) is 11.7. The van der Waals surface area contributed by atoms with Gasteiger partial charge in [0.05, 0.1) is 28.8 Å². The predicted octanol–water partition coefficient (Wildman–Crippen LogP) is 2.93. The fourth-order valence-corrected chi connectivity index (χ4v) is 4.34. The van der Waals surface area contributed by atoms with Crippen LogP contribution in [0.15, 0.2) is 23.2 Å². The Labute approximate surface area is 160 Å². The summed E-state index contributed by atoms with van der Waals surface area (Å²) in [6, 6.07) is 2.76. The zero-order valence-electron chi connectivity index (χ0n) is 13.2. The van der Waals surface area contributed by atoms with Crippen molar-refractivity contribution in [3.05, 3.63) is 33.4 Å². The minimum absolute atomic E-state index is 0.0179. The van der Waals surface area contributed by atoms with E-state index in [1.54, 1.807) is 0 Å². The predicted molar refractivity (Wildman–Crippen MR) is 94.5 cm³/mol. The number of hydrogen-bond donors (Lipinski definition) is 0. The van der Waals surface area contributed by atoms with Crippen molar-refractivity contribution in [2.24, 2.45) is 0 Å². The largest absolute Gasteiger partial charge is 0.475 e. The molecule has 0 fully saturated rings. The second kappa shape index (κ2) is 6.85. The molecule has 11 heteroatoms. The van der Waals surface area contributed by atoms with Crippen LogP contribution >= 0.6 is 34.8 Å². The molecule has 3 rings (SSSR count). The SMILES string of the molecule is CN(C)C1COc2c(S(=O)(=O)Oc3c(Cl)cc(Cl)cc3Cl)cnn2C1. The van der Waals surface area contributed by atoms with Gasteiger partial charge >= 0.3 is 10.1 Å². The third kappa shape index (κ3) is 3.68. The third-order valence-electron chi connectivity index (χ3n) is 3.71. The van der Waals surface area contributed by atoms with Crippen molar-refractivity contribution < 1.29 is 17.3 Å². The van der Waals surface area contributed by atoms with Gasteiger partial charge in [-0.3, -0.25) is 0 Å². The van der Waals surface area contributed by atoms with Crippen LogP contribution in [0.3, 0.4) is 0 Å². The first-order valence-corrected chi connectivity index (χ1v) is 9.67. The van der Waals surface area contributed by atoms with Crippen LogP contribution in [0.5, 0.6) is 11.6 Å². The molecule has 0 amide bonds. The minimum Gasteiger partial charge on any atom is -0.475 e. The topological polar surface area (TPSA) is 73.7 Å². The number of nitrogens with zero attached hydrogens (tertiary/aromatic N) is 3. The van der Waals surface area contributed by atoms with Crippen LogP contribution in [-0.2, 0) is 16.7 Å². The molecule has 136 valence electrons. The maximum Gasteiger partial charge on any atom is 0.346 e. The van der Waals surface area contributed by atoms with Crippen molar-refractivity contribution in [2.45, 2.75) is 17.5 Å². The zero-order valence-corrected chi connectivity index (χ0v) is 16.3. The van der Waals surface area contributed by atoms with E-state index in [1.165, 1.54) is 23.0 Å². The number of fused-ring (bicyclic) bond motifs is 1. The Balaban J connectivity index is 1.93. The first-order valence-electron chi connectivity index (χ1n) is 7.13. The van der Waals surface area contributed by atoms with Crippen LogP contribution in [0.2, 0.25) is 15.1 Å². The summed E-state index contributed by atoms with van der Waals surface area (Å²) in [6.45, 7) is 0.837. The van der Waals surface area contributed by atoms with Crippen molar-refractivity contribution >= 4 is 44.9 Å². The molecule has 0 bridgehead atoms. The number of halogens is 3. The van der Waals surface area contributed by atoms with Crippen LogP contribution in [0.25, 0.3) is 0 Å². The van der Waals surface area contributed by atoms with E-state index in [4.69, 9.17) is 43.7 Å². The van der Waals surface area contributed by atoms with Crippen molar-refractivity contribution in [1.29, 1.82) is 0 Å². The van der Waals surface area contributed by atoms with Gasteiger partial charge in [0.25, 0.3) is 0 Å². The van der Waals surface area contributed by atoms with E-state index < -0.39 is 10.1 Å². The lowest BCUT2D eigenvalue weighted by Crippen LogP contribution is -2.41. The van der Waals surface area contributed by atoms with Crippen LogP contribution in [0.4, 0.5) is 0 Å². The quantitative estimate of drug-likeness (QED) is 0.700. The van der Waals surface area contributed by atoms with E-state index >= 15 is 0 Å². The molecule has 1 aromatic heterocycles. The Bertz CT molecular complexity index is 891. The molecule has 0 saturated heterocycles. The Morgan fingerprint density at radius 1 is 1.28 bits per heavy atom. The highest BCUT2D eigenvalue weighted by molar-refractivity contribution is 7.87. The van der Waals surface area contributed by atoms with Gasteiger partial charge in [-0.15, -0.1) is 0 Å². The molecule has 1 aliphatic rings. The van der Waals surface area contributed by atoms with Gasteiger partial charge in [0.15, 0.2) is 10.6 Å². The van der Waals surface area contributed by atoms with Crippen molar-refractivity contribution in [2.75, 3.05) is 20.7 Å². The Morgan fingerprint density at radius 2 is 1.92 bits per heavy atom. The molecule has 0 radical (unpaired) electrons. The lowest BCUT2D eigenvalue weighted by molar-refractivity contribution is 0.117. The molecule has 2 aromatic rings. The molecule has 25 heavy (non-hydrogen) atoms. The Morgan fingerprint density at radius 3 is 2.52 bits per heavy atom. The summed E-state index contributed by atoms with van der Waals surface area (Å²) in [5.74, 6) is -0.0750. The van der Waals surface area contributed by atoms with Gasteiger partial charge in [0, 0.05) is 5.02 Å². The zero-order chi connectivity index (χ0) is 18.4.